The number of alkyl halides is 2. The Balaban J connectivity index is 1.59. The molecule has 0 aliphatic heterocycles. The second-order valence-electron chi connectivity index (χ2n) is 9.56. The molecule has 0 saturated heterocycles. The van der Waals surface area contributed by atoms with Gasteiger partial charge in [-0.15, -0.1) is 23.2 Å². The number of benzene rings is 2. The van der Waals surface area contributed by atoms with Crippen LogP contribution in [0.5, 0.6) is 5.75 Å². The van der Waals surface area contributed by atoms with Crippen LogP contribution in [0.1, 0.15) is 49.7 Å². The van der Waals surface area contributed by atoms with Crippen LogP contribution in [0, 0.1) is 0 Å². The summed E-state index contributed by atoms with van der Waals surface area (Å²) in [4.78, 5) is 38.8. The molecule has 0 aliphatic carbocycles. The standard InChI is InChI=1S/C30H41Cl2N3O5/c1-40-30(39)27(22-24-11-15-26(36)16-12-24)34-29(38)7-3-2-4-19-33-28(37)8-5-6-23-9-13-25(14-10-23)35(20-17-31)21-18-32/h9-16,27,36H,2-8,17-22H2,1H3,(H,33,37)(H,34,38)/t27-/m0/s1. The molecule has 0 bridgehead atoms. The molecule has 220 valence electrons. The van der Waals surface area contributed by atoms with Crippen molar-refractivity contribution in [3.63, 3.8) is 0 Å². The molecule has 2 aromatic rings. The lowest BCUT2D eigenvalue weighted by Gasteiger charge is -2.23. The number of nitrogens with zero attached hydrogens (tertiary/aromatic N) is 1. The monoisotopic (exact) mass is 593 g/mol. The molecule has 0 aromatic heterocycles. The Morgan fingerprint density at radius 3 is 2.10 bits per heavy atom. The zero-order chi connectivity index (χ0) is 29.2. The second kappa shape index (κ2) is 19.2. The van der Waals surface area contributed by atoms with Gasteiger partial charge in [0.2, 0.25) is 11.8 Å². The van der Waals surface area contributed by atoms with Gasteiger partial charge in [0, 0.05) is 56.3 Å². The van der Waals surface area contributed by atoms with Gasteiger partial charge in [-0.2, -0.15) is 0 Å². The van der Waals surface area contributed by atoms with Crippen LogP contribution < -0.4 is 15.5 Å². The van der Waals surface area contributed by atoms with Gasteiger partial charge < -0.3 is 25.4 Å². The van der Waals surface area contributed by atoms with E-state index in [0.717, 1.165) is 50.0 Å². The highest BCUT2D eigenvalue weighted by molar-refractivity contribution is 6.18. The Bertz CT molecular complexity index is 1030. The van der Waals surface area contributed by atoms with E-state index in [2.05, 4.69) is 39.8 Å². The number of anilines is 1. The number of carbonyl (C=O) groups is 3. The maximum Gasteiger partial charge on any atom is 0.328 e. The van der Waals surface area contributed by atoms with Crippen molar-refractivity contribution in [1.82, 2.24) is 10.6 Å². The highest BCUT2D eigenvalue weighted by Gasteiger charge is 2.21. The number of halogens is 2. The lowest BCUT2D eigenvalue weighted by atomic mass is 10.1. The SMILES string of the molecule is COC(=O)[C@H](Cc1ccc(O)cc1)NC(=O)CCCCCNC(=O)CCCc1ccc(N(CCCl)CCCl)cc1. The number of ether oxygens (including phenoxy) is 1. The average molecular weight is 595 g/mol. The average Bonchev–Trinajstić information content (AvgIpc) is 2.95. The minimum absolute atomic E-state index is 0.0277. The smallest absolute Gasteiger partial charge is 0.328 e. The Morgan fingerprint density at radius 2 is 1.48 bits per heavy atom. The summed E-state index contributed by atoms with van der Waals surface area (Å²) >= 11 is 11.8. The predicted octanol–water partition coefficient (Wildman–Crippen LogP) is 4.58. The number of hydrogen-bond acceptors (Lipinski definition) is 6. The molecule has 0 unspecified atom stereocenters. The maximum absolute atomic E-state index is 12.4. The van der Waals surface area contributed by atoms with Gasteiger partial charge in [-0.25, -0.2) is 4.79 Å². The number of nitrogens with one attached hydrogen (secondary N) is 2. The first kappa shape index (κ1) is 33.2. The van der Waals surface area contributed by atoms with Gasteiger partial charge in [-0.3, -0.25) is 9.59 Å². The van der Waals surface area contributed by atoms with Crippen LogP contribution in [0.2, 0.25) is 0 Å². The quantitative estimate of drug-likeness (QED) is 0.125. The number of aromatic hydroxyl groups is 1. The van der Waals surface area contributed by atoms with Crippen molar-refractivity contribution >= 4 is 46.7 Å². The summed E-state index contributed by atoms with van der Waals surface area (Å²) in [5.74, 6) is 0.510. The van der Waals surface area contributed by atoms with E-state index in [-0.39, 0.29) is 30.4 Å². The summed E-state index contributed by atoms with van der Waals surface area (Å²) in [5.41, 5.74) is 3.08. The molecular weight excluding hydrogens is 553 g/mol. The van der Waals surface area contributed by atoms with Gasteiger partial charge >= 0.3 is 5.97 Å². The molecule has 0 fully saturated rings. The number of aryl methyl sites for hydroxylation is 1. The highest BCUT2D eigenvalue weighted by atomic mass is 35.5. The predicted molar refractivity (Wildman–Crippen MR) is 160 cm³/mol. The van der Waals surface area contributed by atoms with Crippen LogP contribution in [0.15, 0.2) is 48.5 Å². The van der Waals surface area contributed by atoms with Crippen molar-refractivity contribution in [1.29, 1.82) is 0 Å². The normalized spacial score (nSPS) is 11.5. The summed E-state index contributed by atoms with van der Waals surface area (Å²) in [6, 6.07) is 14.0. The van der Waals surface area contributed by atoms with Crippen LogP contribution in [0.4, 0.5) is 5.69 Å². The fourth-order valence-corrected chi connectivity index (χ4v) is 4.68. The molecule has 0 saturated carbocycles. The van der Waals surface area contributed by atoms with E-state index in [0.29, 0.717) is 31.1 Å². The van der Waals surface area contributed by atoms with E-state index in [1.165, 1.54) is 24.8 Å². The number of esters is 1. The minimum Gasteiger partial charge on any atom is -0.508 e. The maximum atomic E-state index is 12.4. The fraction of sp³-hybridized carbons (Fsp3) is 0.500. The van der Waals surface area contributed by atoms with Gasteiger partial charge in [0.05, 0.1) is 7.11 Å². The molecule has 2 rings (SSSR count). The molecule has 1 atom stereocenters. The van der Waals surface area contributed by atoms with Crippen LogP contribution in [0.25, 0.3) is 0 Å². The fourth-order valence-electron chi connectivity index (χ4n) is 4.27. The molecule has 40 heavy (non-hydrogen) atoms. The zero-order valence-electron chi connectivity index (χ0n) is 23.2. The Hall–Kier alpha value is -2.97. The molecule has 10 heteroatoms. The number of methoxy groups -OCH3 is 1. The topological polar surface area (TPSA) is 108 Å². The van der Waals surface area contributed by atoms with Crippen molar-refractivity contribution in [2.45, 2.75) is 57.4 Å². The van der Waals surface area contributed by atoms with Crippen molar-refractivity contribution in [3.8, 4) is 5.75 Å². The summed E-state index contributed by atoms with van der Waals surface area (Å²) in [7, 11) is 1.28. The summed E-state index contributed by atoms with van der Waals surface area (Å²) in [5, 5.41) is 15.1. The van der Waals surface area contributed by atoms with E-state index >= 15 is 0 Å². The molecule has 0 spiro atoms. The third-order valence-electron chi connectivity index (χ3n) is 6.48. The number of hydrogen-bond donors (Lipinski definition) is 3. The van der Waals surface area contributed by atoms with E-state index in [1.807, 2.05) is 0 Å². The molecule has 0 aliphatic rings. The van der Waals surface area contributed by atoms with Gasteiger partial charge in [0.1, 0.15) is 11.8 Å². The van der Waals surface area contributed by atoms with E-state index in [9.17, 15) is 19.5 Å². The second-order valence-corrected chi connectivity index (χ2v) is 10.3. The van der Waals surface area contributed by atoms with E-state index in [1.54, 1.807) is 12.1 Å². The van der Waals surface area contributed by atoms with Gasteiger partial charge in [-0.05, 0) is 61.1 Å². The summed E-state index contributed by atoms with van der Waals surface area (Å²) < 4.78 is 4.82. The van der Waals surface area contributed by atoms with Crippen molar-refractivity contribution < 1.29 is 24.2 Å². The zero-order valence-corrected chi connectivity index (χ0v) is 24.7. The molecule has 0 heterocycles. The Morgan fingerprint density at radius 1 is 0.850 bits per heavy atom. The van der Waals surface area contributed by atoms with Crippen LogP contribution >= 0.6 is 23.2 Å². The van der Waals surface area contributed by atoms with E-state index < -0.39 is 12.0 Å². The first-order chi connectivity index (χ1) is 19.4. The van der Waals surface area contributed by atoms with Crippen LogP contribution in [0.3, 0.4) is 0 Å². The number of phenolic OH excluding ortho intramolecular Hbond substituents is 1. The van der Waals surface area contributed by atoms with E-state index in [4.69, 9.17) is 27.9 Å². The third-order valence-corrected chi connectivity index (χ3v) is 6.82. The van der Waals surface area contributed by atoms with Gasteiger partial charge in [0.25, 0.3) is 0 Å². The minimum atomic E-state index is -0.791. The molecule has 2 aromatic carbocycles. The molecule has 8 nitrogen and oxygen atoms in total. The van der Waals surface area contributed by atoms with Crippen molar-refractivity contribution in [3.05, 3.63) is 59.7 Å². The number of rotatable bonds is 19. The lowest BCUT2D eigenvalue weighted by Crippen LogP contribution is -2.43. The molecule has 0 radical (unpaired) electrons. The Labute approximate surface area is 247 Å². The van der Waals surface area contributed by atoms with Crippen molar-refractivity contribution in [2.24, 2.45) is 0 Å². The van der Waals surface area contributed by atoms with Crippen LogP contribution in [-0.4, -0.2) is 67.4 Å². The molecule has 2 amide bonds. The molecule has 3 N–H and O–H groups in total. The summed E-state index contributed by atoms with van der Waals surface area (Å²) in [6.07, 6.45) is 4.82. The first-order valence-corrected chi connectivity index (χ1v) is 14.8. The number of unbranched alkanes of at least 4 members (excludes halogenated alkanes) is 2. The van der Waals surface area contributed by atoms with Crippen LogP contribution in [-0.2, 0) is 32.0 Å². The number of amides is 2. The largest absolute Gasteiger partial charge is 0.508 e. The van der Waals surface area contributed by atoms with Crippen molar-refractivity contribution in [2.75, 3.05) is 43.4 Å². The first-order valence-electron chi connectivity index (χ1n) is 13.7. The summed E-state index contributed by atoms with van der Waals surface area (Å²) in [6.45, 7) is 2.07. The number of carbonyl (C=O) groups excluding carboxylic acids is 3. The number of phenols is 1. The van der Waals surface area contributed by atoms with Gasteiger partial charge in [0.15, 0.2) is 0 Å². The molecular formula is C30H41Cl2N3O5. The lowest BCUT2D eigenvalue weighted by molar-refractivity contribution is -0.145. The highest BCUT2D eigenvalue weighted by Crippen LogP contribution is 2.17. The van der Waals surface area contributed by atoms with Gasteiger partial charge in [-0.1, -0.05) is 30.7 Å². The third kappa shape index (κ3) is 12.9. The Kier molecular flexibility index (Phi) is 15.9.